The molecule has 35 heavy (non-hydrogen) atoms. The van der Waals surface area contributed by atoms with Crippen LogP contribution in [0.2, 0.25) is 0 Å². The second kappa shape index (κ2) is 11.6. The number of sulfonamides is 1. The molecule has 1 aromatic carbocycles. The number of carbonyl (C=O) groups is 1. The zero-order valence-corrected chi connectivity index (χ0v) is 19.3. The highest BCUT2D eigenvalue weighted by atomic mass is 32.2. The second-order valence-electron chi connectivity index (χ2n) is 7.09. The maximum atomic E-state index is 14.3. The van der Waals surface area contributed by atoms with Gasteiger partial charge in [-0.2, -0.15) is 18.4 Å². The van der Waals surface area contributed by atoms with E-state index in [4.69, 9.17) is 4.74 Å². The summed E-state index contributed by atoms with van der Waals surface area (Å²) in [4.78, 5) is 15.7. The van der Waals surface area contributed by atoms with Crippen LogP contribution >= 0.6 is 0 Å². The Hall–Kier alpha value is -3.70. The lowest BCUT2D eigenvalue weighted by molar-refractivity contribution is -0.141. The molecule has 0 bridgehead atoms. The topological polar surface area (TPSA) is 133 Å². The first-order chi connectivity index (χ1) is 16.3. The Morgan fingerprint density at radius 3 is 2.60 bits per heavy atom. The molecule has 0 unspecified atom stereocenters. The van der Waals surface area contributed by atoms with Crippen LogP contribution in [0.25, 0.3) is 6.08 Å². The molecule has 0 aliphatic rings. The number of rotatable bonds is 10. The molecule has 14 heteroatoms. The highest BCUT2D eigenvalue weighted by Gasteiger charge is 2.33. The van der Waals surface area contributed by atoms with Gasteiger partial charge in [0.05, 0.1) is 18.4 Å². The fourth-order valence-electron chi connectivity index (χ4n) is 2.73. The van der Waals surface area contributed by atoms with E-state index in [-0.39, 0.29) is 42.2 Å². The quantitative estimate of drug-likeness (QED) is 0.252. The van der Waals surface area contributed by atoms with Crippen LogP contribution in [0.3, 0.4) is 0 Å². The van der Waals surface area contributed by atoms with E-state index in [1.54, 1.807) is 6.07 Å². The van der Waals surface area contributed by atoms with Crippen molar-refractivity contribution in [3.8, 4) is 6.07 Å². The first kappa shape index (κ1) is 27.5. The number of methoxy groups -OCH3 is 1. The van der Waals surface area contributed by atoms with Gasteiger partial charge in [-0.15, -0.1) is 0 Å². The smallest absolute Gasteiger partial charge is 0.383 e. The lowest BCUT2D eigenvalue weighted by Crippen LogP contribution is -2.21. The molecule has 188 valence electrons. The molecular formula is C21H21F4N5O4S. The number of hydrogen-bond donors (Lipinski definition) is 3. The van der Waals surface area contributed by atoms with E-state index in [0.717, 1.165) is 30.5 Å². The van der Waals surface area contributed by atoms with Crippen molar-refractivity contribution >= 4 is 33.5 Å². The second-order valence-corrected chi connectivity index (χ2v) is 8.84. The molecule has 2 aromatic rings. The predicted molar refractivity (Wildman–Crippen MR) is 120 cm³/mol. The number of benzene rings is 1. The Balaban J connectivity index is 2.15. The van der Waals surface area contributed by atoms with Crippen molar-refractivity contribution in [1.82, 2.24) is 10.3 Å². The average molecular weight is 515 g/mol. The summed E-state index contributed by atoms with van der Waals surface area (Å²) < 4.78 is 82.7. The van der Waals surface area contributed by atoms with Gasteiger partial charge in [0.15, 0.2) is 0 Å². The minimum Gasteiger partial charge on any atom is -0.383 e. The summed E-state index contributed by atoms with van der Waals surface area (Å²) in [5.41, 5.74) is -1.51. The number of carbonyl (C=O) groups excluding carboxylic acids is 1. The van der Waals surface area contributed by atoms with Crippen LogP contribution in [0, 0.1) is 17.1 Å². The van der Waals surface area contributed by atoms with Crippen molar-refractivity contribution in [3.63, 3.8) is 0 Å². The van der Waals surface area contributed by atoms with Crippen molar-refractivity contribution in [1.29, 1.82) is 5.26 Å². The van der Waals surface area contributed by atoms with Gasteiger partial charge in [0.1, 0.15) is 29.1 Å². The fraction of sp³-hybridized carbons (Fsp3) is 0.286. The van der Waals surface area contributed by atoms with Crippen LogP contribution in [0.5, 0.6) is 0 Å². The predicted octanol–water partition coefficient (Wildman–Crippen LogP) is 2.87. The molecule has 0 aliphatic heterocycles. The number of anilines is 2. The lowest BCUT2D eigenvalue weighted by Gasteiger charge is -2.12. The first-order valence-electron chi connectivity index (χ1n) is 9.81. The summed E-state index contributed by atoms with van der Waals surface area (Å²) in [6.07, 6.45) is -1.55. The van der Waals surface area contributed by atoms with E-state index in [1.807, 2.05) is 4.72 Å². The maximum absolute atomic E-state index is 14.3. The van der Waals surface area contributed by atoms with Gasteiger partial charge < -0.3 is 15.4 Å². The van der Waals surface area contributed by atoms with Gasteiger partial charge in [-0.25, -0.2) is 17.8 Å². The van der Waals surface area contributed by atoms with E-state index in [0.29, 0.717) is 0 Å². The normalized spacial score (nSPS) is 11.8. The molecule has 0 atom stereocenters. The third kappa shape index (κ3) is 8.54. The van der Waals surface area contributed by atoms with Crippen LogP contribution in [-0.2, 0) is 32.3 Å². The van der Waals surface area contributed by atoms with E-state index in [9.17, 15) is 36.0 Å². The van der Waals surface area contributed by atoms with Gasteiger partial charge in [-0.3, -0.25) is 9.52 Å². The van der Waals surface area contributed by atoms with E-state index >= 15 is 0 Å². The summed E-state index contributed by atoms with van der Waals surface area (Å²) in [5.74, 6) is -1.77. The summed E-state index contributed by atoms with van der Waals surface area (Å²) in [7, 11) is -2.40. The van der Waals surface area contributed by atoms with Gasteiger partial charge in [0.2, 0.25) is 15.9 Å². The Morgan fingerprint density at radius 2 is 2.00 bits per heavy atom. The number of pyridine rings is 1. The van der Waals surface area contributed by atoms with Crippen molar-refractivity contribution in [2.45, 2.75) is 12.7 Å². The average Bonchev–Trinajstić information content (AvgIpc) is 2.76. The van der Waals surface area contributed by atoms with Crippen LogP contribution in [0.4, 0.5) is 29.1 Å². The maximum Gasteiger partial charge on any atom is 0.433 e. The highest BCUT2D eigenvalue weighted by molar-refractivity contribution is 7.92. The van der Waals surface area contributed by atoms with Crippen LogP contribution < -0.4 is 15.4 Å². The number of nitriles is 1. The SMILES string of the molecule is COCCNc1nc(C(F)(F)F)ccc1/C=C\C(=O)NCc1cc(F)c(NS(C)(=O)=O)c(C#N)c1. The Bertz CT molecular complexity index is 1260. The number of ether oxygens (including phenoxy) is 1. The van der Waals surface area contributed by atoms with Crippen molar-refractivity contribution in [2.75, 3.05) is 36.6 Å². The molecule has 3 N–H and O–H groups in total. The molecule has 2 rings (SSSR count). The summed E-state index contributed by atoms with van der Waals surface area (Å²) in [6.45, 7) is 0.175. The van der Waals surface area contributed by atoms with Gasteiger partial charge >= 0.3 is 6.18 Å². The van der Waals surface area contributed by atoms with Gasteiger partial charge in [0.25, 0.3) is 0 Å². The molecule has 0 aliphatic carbocycles. The summed E-state index contributed by atoms with van der Waals surface area (Å²) in [6, 6.07) is 5.77. The largest absolute Gasteiger partial charge is 0.433 e. The van der Waals surface area contributed by atoms with E-state index in [2.05, 4.69) is 15.6 Å². The van der Waals surface area contributed by atoms with Crippen LogP contribution in [0.1, 0.15) is 22.4 Å². The Kier molecular flexibility index (Phi) is 9.15. The van der Waals surface area contributed by atoms with E-state index in [1.165, 1.54) is 19.3 Å². The molecule has 0 spiro atoms. The van der Waals surface area contributed by atoms with Crippen molar-refractivity contribution < 1.29 is 35.5 Å². The molecule has 0 saturated carbocycles. The number of hydrogen-bond acceptors (Lipinski definition) is 7. The number of alkyl halides is 3. The van der Waals surface area contributed by atoms with Gasteiger partial charge in [0, 0.05) is 31.8 Å². The standard InChI is InChI=1S/C21H21F4N5O4S/c1-34-8-7-27-20-14(3-5-17(29-20)21(23,24)25)4-6-18(31)28-12-13-9-15(11-26)19(16(22)10-13)30-35(2,32)33/h3-6,9-10,30H,7-8,12H2,1-2H3,(H,27,29)(H,28,31)/b6-4-. The molecule has 1 aromatic heterocycles. The van der Waals surface area contributed by atoms with Crippen molar-refractivity contribution in [3.05, 3.63) is 58.5 Å². The minimum absolute atomic E-state index is 0.101. The molecule has 0 saturated heterocycles. The highest BCUT2D eigenvalue weighted by Crippen LogP contribution is 2.30. The molecule has 0 fully saturated rings. The zero-order valence-electron chi connectivity index (χ0n) is 18.5. The van der Waals surface area contributed by atoms with Gasteiger partial charge in [-0.05, 0) is 35.9 Å². The molecule has 9 nitrogen and oxygen atoms in total. The summed E-state index contributed by atoms with van der Waals surface area (Å²) >= 11 is 0. The number of halogens is 4. The Morgan fingerprint density at radius 1 is 1.29 bits per heavy atom. The molecule has 1 amide bonds. The number of nitrogens with zero attached hydrogens (tertiary/aromatic N) is 2. The minimum atomic E-state index is -4.65. The lowest BCUT2D eigenvalue weighted by atomic mass is 10.1. The monoisotopic (exact) mass is 515 g/mol. The molecule has 0 radical (unpaired) electrons. The molecular weight excluding hydrogens is 494 g/mol. The Labute approximate surface area is 198 Å². The van der Waals surface area contributed by atoms with Gasteiger partial charge in [-0.1, -0.05) is 0 Å². The number of amides is 1. The fourth-order valence-corrected chi connectivity index (χ4v) is 3.31. The third-order valence-electron chi connectivity index (χ3n) is 4.25. The van der Waals surface area contributed by atoms with E-state index < -0.39 is 39.3 Å². The van der Waals surface area contributed by atoms with Crippen LogP contribution in [-0.4, -0.2) is 45.8 Å². The van der Waals surface area contributed by atoms with Crippen LogP contribution in [0.15, 0.2) is 30.3 Å². The zero-order chi connectivity index (χ0) is 26.2. The number of aromatic nitrogens is 1. The molecule has 1 heterocycles. The third-order valence-corrected chi connectivity index (χ3v) is 4.83. The summed E-state index contributed by atoms with van der Waals surface area (Å²) in [5, 5.41) is 14.3. The first-order valence-corrected chi connectivity index (χ1v) is 11.7. The number of nitrogens with one attached hydrogen (secondary N) is 3. The van der Waals surface area contributed by atoms with Crippen molar-refractivity contribution in [2.24, 2.45) is 0 Å².